The fourth-order valence-corrected chi connectivity index (χ4v) is 2.22. The van der Waals surface area contributed by atoms with Crippen molar-refractivity contribution in [1.29, 1.82) is 5.26 Å². The van der Waals surface area contributed by atoms with Crippen molar-refractivity contribution in [3.05, 3.63) is 29.8 Å². The Morgan fingerprint density at radius 2 is 1.71 bits per heavy atom. The molecule has 0 aromatic heterocycles. The van der Waals surface area contributed by atoms with Gasteiger partial charge in [-0.2, -0.15) is 5.26 Å². The van der Waals surface area contributed by atoms with Gasteiger partial charge in [-0.1, -0.05) is 0 Å². The molecule has 2 rings (SSSR count). The number of rotatable bonds is 3. The van der Waals surface area contributed by atoms with Gasteiger partial charge in [-0.05, 0) is 24.3 Å². The van der Waals surface area contributed by atoms with Crippen molar-refractivity contribution in [3.63, 3.8) is 0 Å². The van der Waals surface area contributed by atoms with Crippen LogP contribution in [-0.2, 0) is 9.59 Å². The number of anilines is 1. The van der Waals surface area contributed by atoms with Crippen LogP contribution in [0.25, 0.3) is 0 Å². The first kappa shape index (κ1) is 14.9. The van der Waals surface area contributed by atoms with Gasteiger partial charge in [0.1, 0.15) is 0 Å². The van der Waals surface area contributed by atoms with Crippen molar-refractivity contribution < 1.29 is 9.59 Å². The molecule has 21 heavy (non-hydrogen) atoms. The standard InChI is InChI=1S/C15H18N4O2/c1-12(20)18-6-8-19(9-7-18)15(21)11-17-14-4-2-13(10-16)3-5-14/h2-5,17H,6-9,11H2,1H3. The zero-order chi connectivity index (χ0) is 15.2. The minimum absolute atomic E-state index is 0.0163. The summed E-state index contributed by atoms with van der Waals surface area (Å²) in [5.41, 5.74) is 1.40. The van der Waals surface area contributed by atoms with Crippen LogP contribution in [0, 0.1) is 11.3 Å². The van der Waals surface area contributed by atoms with Crippen molar-refractivity contribution in [2.75, 3.05) is 38.0 Å². The molecule has 1 aliphatic rings. The molecule has 1 N–H and O–H groups in total. The molecule has 2 amide bonds. The van der Waals surface area contributed by atoms with Gasteiger partial charge in [-0.15, -0.1) is 0 Å². The van der Waals surface area contributed by atoms with E-state index < -0.39 is 0 Å². The quantitative estimate of drug-likeness (QED) is 0.885. The summed E-state index contributed by atoms with van der Waals surface area (Å²) in [6, 6.07) is 9.02. The van der Waals surface area contributed by atoms with E-state index in [4.69, 9.17) is 5.26 Å². The van der Waals surface area contributed by atoms with Gasteiger partial charge in [0.2, 0.25) is 11.8 Å². The lowest BCUT2D eigenvalue weighted by Crippen LogP contribution is -2.51. The Balaban J connectivity index is 1.80. The minimum atomic E-state index is 0.0163. The van der Waals surface area contributed by atoms with Gasteiger partial charge >= 0.3 is 0 Å². The number of hydrogen-bond donors (Lipinski definition) is 1. The maximum atomic E-state index is 12.1. The van der Waals surface area contributed by atoms with E-state index in [2.05, 4.69) is 5.32 Å². The number of nitrogens with zero attached hydrogens (tertiary/aromatic N) is 3. The largest absolute Gasteiger partial charge is 0.376 e. The molecule has 6 nitrogen and oxygen atoms in total. The highest BCUT2D eigenvalue weighted by molar-refractivity contribution is 5.81. The average molecular weight is 286 g/mol. The Hall–Kier alpha value is -2.55. The molecule has 1 aromatic rings. The zero-order valence-corrected chi connectivity index (χ0v) is 12.0. The number of piperazine rings is 1. The van der Waals surface area contributed by atoms with Crippen LogP contribution in [0.5, 0.6) is 0 Å². The molecule has 0 unspecified atom stereocenters. The predicted molar refractivity (Wildman–Crippen MR) is 78.5 cm³/mol. The summed E-state index contributed by atoms with van der Waals surface area (Å²) in [7, 11) is 0. The first-order valence-electron chi connectivity index (χ1n) is 6.87. The molecule has 0 radical (unpaired) electrons. The molecular formula is C15H18N4O2. The zero-order valence-electron chi connectivity index (χ0n) is 12.0. The maximum Gasteiger partial charge on any atom is 0.241 e. The number of benzene rings is 1. The van der Waals surface area contributed by atoms with Gasteiger partial charge in [-0.3, -0.25) is 9.59 Å². The summed E-state index contributed by atoms with van der Waals surface area (Å²) in [6.07, 6.45) is 0. The highest BCUT2D eigenvalue weighted by atomic mass is 16.2. The third-order valence-electron chi connectivity index (χ3n) is 3.54. The molecule has 1 saturated heterocycles. The Labute approximate surface area is 123 Å². The van der Waals surface area contributed by atoms with Crippen LogP contribution < -0.4 is 5.32 Å². The molecule has 0 bridgehead atoms. The van der Waals surface area contributed by atoms with Crippen LogP contribution in [0.4, 0.5) is 5.69 Å². The normalized spacial score (nSPS) is 14.5. The van der Waals surface area contributed by atoms with E-state index in [0.717, 1.165) is 5.69 Å². The van der Waals surface area contributed by atoms with E-state index in [1.165, 1.54) is 0 Å². The van der Waals surface area contributed by atoms with Crippen LogP contribution in [0.2, 0.25) is 0 Å². The van der Waals surface area contributed by atoms with Gasteiger partial charge in [-0.25, -0.2) is 0 Å². The lowest BCUT2D eigenvalue weighted by molar-refractivity contribution is -0.137. The van der Waals surface area contributed by atoms with Gasteiger partial charge in [0.25, 0.3) is 0 Å². The molecule has 0 aliphatic carbocycles. The predicted octanol–water partition coefficient (Wildman–Crippen LogP) is 0.661. The Kier molecular flexibility index (Phi) is 4.77. The van der Waals surface area contributed by atoms with Gasteiger partial charge in [0, 0.05) is 38.8 Å². The van der Waals surface area contributed by atoms with Crippen LogP contribution in [-0.4, -0.2) is 54.3 Å². The number of nitriles is 1. The Morgan fingerprint density at radius 3 is 2.24 bits per heavy atom. The summed E-state index contributed by atoms with van der Waals surface area (Å²) < 4.78 is 0. The molecule has 0 spiro atoms. The molecular weight excluding hydrogens is 268 g/mol. The summed E-state index contributed by atoms with van der Waals surface area (Å²) in [5, 5.41) is 11.8. The van der Waals surface area contributed by atoms with Crippen molar-refractivity contribution in [3.8, 4) is 6.07 Å². The van der Waals surface area contributed by atoms with E-state index in [9.17, 15) is 9.59 Å². The minimum Gasteiger partial charge on any atom is -0.376 e. The van der Waals surface area contributed by atoms with Crippen molar-refractivity contribution in [2.45, 2.75) is 6.92 Å². The first-order valence-corrected chi connectivity index (χ1v) is 6.87. The highest BCUT2D eigenvalue weighted by Crippen LogP contribution is 2.09. The fraction of sp³-hybridized carbons (Fsp3) is 0.400. The van der Waals surface area contributed by atoms with Gasteiger partial charge in [0.15, 0.2) is 0 Å². The summed E-state index contributed by atoms with van der Waals surface area (Å²) in [6.45, 7) is 4.10. The lowest BCUT2D eigenvalue weighted by atomic mass is 10.2. The summed E-state index contributed by atoms with van der Waals surface area (Å²) in [5.74, 6) is 0.0698. The monoisotopic (exact) mass is 286 g/mol. The van der Waals surface area contributed by atoms with Crippen molar-refractivity contribution >= 4 is 17.5 Å². The molecule has 1 heterocycles. The van der Waals surface area contributed by atoms with Gasteiger partial charge < -0.3 is 15.1 Å². The summed E-state index contributed by atoms with van der Waals surface area (Å²) in [4.78, 5) is 26.8. The molecule has 1 aromatic carbocycles. The number of carbonyl (C=O) groups is 2. The maximum absolute atomic E-state index is 12.1. The molecule has 110 valence electrons. The number of hydrogen-bond acceptors (Lipinski definition) is 4. The third kappa shape index (κ3) is 3.96. The molecule has 6 heteroatoms. The molecule has 0 atom stereocenters. The molecule has 1 fully saturated rings. The first-order chi connectivity index (χ1) is 10.1. The van der Waals surface area contributed by atoms with Crippen LogP contribution in [0.3, 0.4) is 0 Å². The number of nitrogens with one attached hydrogen (secondary N) is 1. The second kappa shape index (κ2) is 6.75. The third-order valence-corrected chi connectivity index (χ3v) is 3.54. The Morgan fingerprint density at radius 1 is 1.14 bits per heavy atom. The molecule has 0 saturated carbocycles. The fourth-order valence-electron chi connectivity index (χ4n) is 2.22. The smallest absolute Gasteiger partial charge is 0.241 e. The van der Waals surface area contributed by atoms with E-state index in [0.29, 0.717) is 31.7 Å². The number of carbonyl (C=O) groups excluding carboxylic acids is 2. The van der Waals surface area contributed by atoms with E-state index >= 15 is 0 Å². The number of amides is 2. The molecule has 1 aliphatic heterocycles. The second-order valence-corrected chi connectivity index (χ2v) is 4.93. The van der Waals surface area contributed by atoms with Gasteiger partial charge in [0.05, 0.1) is 18.2 Å². The SMILES string of the molecule is CC(=O)N1CCN(C(=O)CNc2ccc(C#N)cc2)CC1. The van der Waals surface area contributed by atoms with Crippen molar-refractivity contribution in [2.24, 2.45) is 0 Å². The van der Waals surface area contributed by atoms with E-state index in [1.54, 1.807) is 41.0 Å². The Bertz CT molecular complexity index is 554. The average Bonchev–Trinajstić information content (AvgIpc) is 2.53. The van der Waals surface area contributed by atoms with E-state index in [-0.39, 0.29) is 18.4 Å². The van der Waals surface area contributed by atoms with Crippen LogP contribution in [0.15, 0.2) is 24.3 Å². The topological polar surface area (TPSA) is 76.4 Å². The van der Waals surface area contributed by atoms with Crippen LogP contribution >= 0.6 is 0 Å². The van der Waals surface area contributed by atoms with E-state index in [1.807, 2.05) is 6.07 Å². The second-order valence-electron chi connectivity index (χ2n) is 4.93. The summed E-state index contributed by atoms with van der Waals surface area (Å²) >= 11 is 0. The highest BCUT2D eigenvalue weighted by Gasteiger charge is 2.21. The lowest BCUT2D eigenvalue weighted by Gasteiger charge is -2.34. The van der Waals surface area contributed by atoms with Crippen LogP contribution in [0.1, 0.15) is 12.5 Å². The van der Waals surface area contributed by atoms with Crippen molar-refractivity contribution in [1.82, 2.24) is 9.80 Å².